The molecule has 1 aliphatic rings. The number of benzene rings is 1. The van der Waals surface area contributed by atoms with Crippen LogP contribution in [0.4, 0.5) is 4.39 Å². The molecule has 1 aliphatic heterocycles. The van der Waals surface area contributed by atoms with Gasteiger partial charge in [-0.15, -0.1) is 0 Å². The van der Waals surface area contributed by atoms with E-state index in [0.717, 1.165) is 30.9 Å². The fraction of sp³-hybridized carbons (Fsp3) is 0.375. The first-order valence-corrected chi connectivity index (χ1v) is 7.91. The maximum absolute atomic E-state index is 13.6. The molecule has 0 spiro atoms. The van der Waals surface area contributed by atoms with Gasteiger partial charge in [-0.3, -0.25) is 0 Å². The quantitative estimate of drug-likeness (QED) is 0.895. The third kappa shape index (κ3) is 2.99. The number of aromatic nitrogens is 2. The van der Waals surface area contributed by atoms with Crippen molar-refractivity contribution in [3.63, 3.8) is 0 Å². The molecule has 110 valence electrons. The number of nitrogens with zero attached hydrogens (tertiary/aromatic N) is 2. The Labute approximate surface area is 132 Å². The highest BCUT2D eigenvalue weighted by molar-refractivity contribution is 9.10. The summed E-state index contributed by atoms with van der Waals surface area (Å²) in [6.07, 6.45) is 0.890. The van der Waals surface area contributed by atoms with E-state index in [1.54, 1.807) is 0 Å². The highest BCUT2D eigenvalue weighted by atomic mass is 79.9. The van der Waals surface area contributed by atoms with Crippen LogP contribution < -0.4 is 5.32 Å². The van der Waals surface area contributed by atoms with Crippen molar-refractivity contribution in [2.75, 3.05) is 6.54 Å². The molecular formula is C16H17BrFN3. The second-order valence-electron chi connectivity index (χ2n) is 5.60. The minimum Gasteiger partial charge on any atom is -0.312 e. The molecule has 0 radical (unpaired) electrons. The molecule has 1 aromatic heterocycles. The maximum atomic E-state index is 13.6. The molecule has 0 aliphatic carbocycles. The first kappa shape index (κ1) is 14.6. The van der Waals surface area contributed by atoms with Crippen molar-refractivity contribution in [3.8, 4) is 11.4 Å². The summed E-state index contributed by atoms with van der Waals surface area (Å²) >= 11 is 3.33. The van der Waals surface area contributed by atoms with Gasteiger partial charge in [0.05, 0.1) is 11.4 Å². The number of hydrogen-bond acceptors (Lipinski definition) is 3. The van der Waals surface area contributed by atoms with Crippen molar-refractivity contribution in [2.24, 2.45) is 0 Å². The molecule has 1 aromatic carbocycles. The van der Waals surface area contributed by atoms with Gasteiger partial charge in [0.2, 0.25) is 0 Å². The van der Waals surface area contributed by atoms with E-state index in [9.17, 15) is 4.39 Å². The van der Waals surface area contributed by atoms with Crippen LogP contribution in [0.1, 0.15) is 36.7 Å². The summed E-state index contributed by atoms with van der Waals surface area (Å²) in [4.78, 5) is 9.37. The summed E-state index contributed by atoms with van der Waals surface area (Å²) < 4.78 is 14.3. The first-order valence-electron chi connectivity index (χ1n) is 7.11. The lowest BCUT2D eigenvalue weighted by atomic mass is 9.98. The molecule has 0 unspecified atom stereocenters. The van der Waals surface area contributed by atoms with Crippen LogP contribution in [0.2, 0.25) is 0 Å². The highest BCUT2D eigenvalue weighted by Gasteiger charge is 2.20. The molecule has 21 heavy (non-hydrogen) atoms. The Balaban J connectivity index is 2.17. The number of halogens is 2. The molecule has 3 nitrogen and oxygen atoms in total. The Bertz CT molecular complexity index is 665. The summed E-state index contributed by atoms with van der Waals surface area (Å²) in [6, 6.07) is 4.78. The van der Waals surface area contributed by atoms with Crippen molar-refractivity contribution in [1.29, 1.82) is 0 Å². The van der Waals surface area contributed by atoms with Crippen LogP contribution in [0.5, 0.6) is 0 Å². The Hall–Kier alpha value is -1.33. The van der Waals surface area contributed by atoms with E-state index in [1.807, 2.05) is 6.07 Å². The Morgan fingerprint density at radius 2 is 2.05 bits per heavy atom. The molecule has 0 amide bonds. The van der Waals surface area contributed by atoms with E-state index in [2.05, 4.69) is 40.1 Å². The Kier molecular flexibility index (Phi) is 4.04. The van der Waals surface area contributed by atoms with Gasteiger partial charge in [-0.05, 0) is 24.1 Å². The van der Waals surface area contributed by atoms with Crippen LogP contribution in [0, 0.1) is 5.82 Å². The summed E-state index contributed by atoms with van der Waals surface area (Å²) in [5.74, 6) is 0.644. The molecule has 5 heteroatoms. The van der Waals surface area contributed by atoms with Gasteiger partial charge in [-0.25, -0.2) is 14.4 Å². The summed E-state index contributed by atoms with van der Waals surface area (Å²) in [5.41, 5.74) is 4.06. The zero-order chi connectivity index (χ0) is 15.0. The third-order valence-electron chi connectivity index (χ3n) is 3.63. The van der Waals surface area contributed by atoms with Crippen LogP contribution in [-0.2, 0) is 13.0 Å². The van der Waals surface area contributed by atoms with Gasteiger partial charge >= 0.3 is 0 Å². The highest BCUT2D eigenvalue weighted by Crippen LogP contribution is 2.28. The SMILES string of the molecule is CC(C)c1nc(-c2cc(F)cc(Br)c2)nc2c1CNCC2. The van der Waals surface area contributed by atoms with Gasteiger partial charge < -0.3 is 5.32 Å². The number of nitrogens with one attached hydrogen (secondary N) is 1. The van der Waals surface area contributed by atoms with Gasteiger partial charge in [0, 0.05) is 35.1 Å². The van der Waals surface area contributed by atoms with E-state index in [-0.39, 0.29) is 5.82 Å². The lowest BCUT2D eigenvalue weighted by molar-refractivity contribution is 0.609. The smallest absolute Gasteiger partial charge is 0.159 e. The zero-order valence-corrected chi connectivity index (χ0v) is 13.7. The summed E-state index contributed by atoms with van der Waals surface area (Å²) in [6.45, 7) is 5.99. The van der Waals surface area contributed by atoms with E-state index in [0.29, 0.717) is 21.8 Å². The van der Waals surface area contributed by atoms with E-state index >= 15 is 0 Å². The van der Waals surface area contributed by atoms with E-state index < -0.39 is 0 Å². The summed E-state index contributed by atoms with van der Waals surface area (Å²) in [7, 11) is 0. The monoisotopic (exact) mass is 349 g/mol. The molecule has 2 aromatic rings. The fourth-order valence-electron chi connectivity index (χ4n) is 2.66. The van der Waals surface area contributed by atoms with Gasteiger partial charge in [-0.1, -0.05) is 29.8 Å². The third-order valence-corrected chi connectivity index (χ3v) is 4.09. The lowest BCUT2D eigenvalue weighted by Gasteiger charge is -2.21. The van der Waals surface area contributed by atoms with Gasteiger partial charge in [0.15, 0.2) is 5.82 Å². The first-order chi connectivity index (χ1) is 10.0. The predicted octanol–water partition coefficient (Wildman–Crippen LogP) is 3.81. The average Bonchev–Trinajstić information content (AvgIpc) is 2.45. The fourth-order valence-corrected chi connectivity index (χ4v) is 3.12. The Morgan fingerprint density at radius 3 is 2.76 bits per heavy atom. The normalized spacial score (nSPS) is 14.3. The van der Waals surface area contributed by atoms with E-state index in [4.69, 9.17) is 4.98 Å². The average molecular weight is 350 g/mol. The van der Waals surface area contributed by atoms with Crippen molar-refractivity contribution < 1.29 is 4.39 Å². The molecule has 0 fully saturated rings. The maximum Gasteiger partial charge on any atom is 0.159 e. The van der Waals surface area contributed by atoms with Gasteiger partial charge in [-0.2, -0.15) is 0 Å². The number of rotatable bonds is 2. The zero-order valence-electron chi connectivity index (χ0n) is 12.1. The van der Waals surface area contributed by atoms with E-state index in [1.165, 1.54) is 17.7 Å². The molecule has 0 saturated carbocycles. The van der Waals surface area contributed by atoms with Crippen LogP contribution in [0.3, 0.4) is 0 Å². The van der Waals surface area contributed by atoms with Gasteiger partial charge in [0.25, 0.3) is 0 Å². The van der Waals surface area contributed by atoms with Crippen molar-refractivity contribution in [1.82, 2.24) is 15.3 Å². The predicted molar refractivity (Wildman–Crippen MR) is 84.6 cm³/mol. The molecule has 1 N–H and O–H groups in total. The second-order valence-corrected chi connectivity index (χ2v) is 6.51. The van der Waals surface area contributed by atoms with Crippen LogP contribution in [0.25, 0.3) is 11.4 Å². The minimum atomic E-state index is -0.284. The Morgan fingerprint density at radius 1 is 1.24 bits per heavy atom. The number of hydrogen-bond donors (Lipinski definition) is 1. The lowest BCUT2D eigenvalue weighted by Crippen LogP contribution is -2.27. The molecular weight excluding hydrogens is 333 g/mol. The molecule has 2 heterocycles. The molecule has 3 rings (SSSR count). The molecule has 0 atom stereocenters. The van der Waals surface area contributed by atoms with Crippen molar-refractivity contribution in [3.05, 3.63) is 45.4 Å². The van der Waals surface area contributed by atoms with Crippen LogP contribution in [0.15, 0.2) is 22.7 Å². The van der Waals surface area contributed by atoms with Crippen LogP contribution >= 0.6 is 15.9 Å². The number of fused-ring (bicyclic) bond motifs is 1. The van der Waals surface area contributed by atoms with Crippen LogP contribution in [-0.4, -0.2) is 16.5 Å². The van der Waals surface area contributed by atoms with Gasteiger partial charge in [0.1, 0.15) is 5.82 Å². The second kappa shape index (κ2) is 5.81. The molecule has 0 saturated heterocycles. The molecule has 0 bridgehead atoms. The standard InChI is InChI=1S/C16H17BrFN3/c1-9(2)15-13-8-19-4-3-14(13)20-16(21-15)10-5-11(17)7-12(18)6-10/h5-7,9,19H,3-4,8H2,1-2H3. The topological polar surface area (TPSA) is 37.8 Å². The van der Waals surface area contributed by atoms with Crippen molar-refractivity contribution >= 4 is 15.9 Å². The minimum absolute atomic E-state index is 0.284. The van der Waals surface area contributed by atoms with Crippen molar-refractivity contribution in [2.45, 2.75) is 32.7 Å². The summed E-state index contributed by atoms with van der Waals surface area (Å²) in [5, 5.41) is 3.37. The largest absolute Gasteiger partial charge is 0.312 e.